The Morgan fingerprint density at radius 2 is 1.67 bits per heavy atom. The second kappa shape index (κ2) is 10.3. The number of carbonyl (C=O) groups is 1. The van der Waals surface area contributed by atoms with Crippen LogP contribution in [0, 0.1) is 0 Å². The molecule has 0 aliphatic carbocycles. The molecule has 0 saturated carbocycles. The van der Waals surface area contributed by atoms with E-state index in [0.717, 1.165) is 12.1 Å². The summed E-state index contributed by atoms with van der Waals surface area (Å²) in [6.45, 7) is 2.18. The summed E-state index contributed by atoms with van der Waals surface area (Å²) < 4.78 is 0. The van der Waals surface area contributed by atoms with Crippen LogP contribution in [0.5, 0.6) is 0 Å². The molecule has 4 aromatic rings. The van der Waals surface area contributed by atoms with Crippen LogP contribution < -0.4 is 10.6 Å². The smallest absolute Gasteiger partial charge is 0.257 e. The summed E-state index contributed by atoms with van der Waals surface area (Å²) in [5.74, 6) is -0.352. The number of nitrogens with zero attached hydrogens (tertiary/aromatic N) is 3. The van der Waals surface area contributed by atoms with Crippen LogP contribution in [0.4, 0.5) is 5.69 Å². The van der Waals surface area contributed by atoms with Gasteiger partial charge < -0.3 is 5.32 Å². The van der Waals surface area contributed by atoms with E-state index < -0.39 is 0 Å². The second-order valence-electron chi connectivity index (χ2n) is 7.50. The molecule has 0 aliphatic heterocycles. The number of thiocarbonyl (C=S) groups is 1. The number of carbonyl (C=O) groups excluding carboxylic acids is 1. The fourth-order valence-electron chi connectivity index (χ4n) is 3.26. The number of nitrogens with one attached hydrogen (secondary N) is 2. The van der Waals surface area contributed by atoms with Gasteiger partial charge in [-0.3, -0.25) is 10.1 Å². The van der Waals surface area contributed by atoms with Crippen molar-refractivity contribution in [1.82, 2.24) is 20.3 Å². The fraction of sp³-hybridized carbons (Fsp3) is 0.167. The van der Waals surface area contributed by atoms with E-state index in [1.165, 1.54) is 18.4 Å². The zero-order valence-corrected chi connectivity index (χ0v) is 20.1. The fourth-order valence-corrected chi connectivity index (χ4v) is 3.79. The predicted octanol–water partition coefficient (Wildman–Crippen LogP) is 6.20. The van der Waals surface area contributed by atoms with Gasteiger partial charge in [-0.1, -0.05) is 48.7 Å². The molecule has 9 heteroatoms. The van der Waals surface area contributed by atoms with Gasteiger partial charge in [-0.05, 0) is 79.2 Å². The van der Waals surface area contributed by atoms with Crippen LogP contribution >= 0.6 is 35.4 Å². The molecule has 6 nitrogen and oxygen atoms in total. The van der Waals surface area contributed by atoms with E-state index in [9.17, 15) is 4.79 Å². The van der Waals surface area contributed by atoms with Crippen LogP contribution in [-0.4, -0.2) is 26.0 Å². The topological polar surface area (TPSA) is 71.8 Å². The van der Waals surface area contributed by atoms with Crippen molar-refractivity contribution >= 4 is 63.2 Å². The highest BCUT2D eigenvalue weighted by Gasteiger charge is 2.13. The Balaban J connectivity index is 1.48. The lowest BCUT2D eigenvalue weighted by Gasteiger charge is -2.11. The summed E-state index contributed by atoms with van der Waals surface area (Å²) in [6, 6.07) is 18.2. The van der Waals surface area contributed by atoms with Gasteiger partial charge in [0, 0.05) is 10.6 Å². The van der Waals surface area contributed by atoms with E-state index in [2.05, 4.69) is 39.9 Å². The minimum Gasteiger partial charge on any atom is -0.331 e. The minimum absolute atomic E-state index is 0.117. The molecule has 0 saturated heterocycles. The van der Waals surface area contributed by atoms with E-state index in [-0.39, 0.29) is 11.0 Å². The van der Waals surface area contributed by atoms with Crippen molar-refractivity contribution in [2.75, 3.05) is 5.32 Å². The quantitative estimate of drug-likeness (QED) is 0.310. The summed E-state index contributed by atoms with van der Waals surface area (Å²) in [5, 5.41) is 15.8. The molecule has 168 valence electrons. The van der Waals surface area contributed by atoms with Crippen LogP contribution in [0.25, 0.3) is 16.7 Å². The number of hydrogen-bond acceptors (Lipinski definition) is 4. The molecule has 0 atom stereocenters. The molecule has 0 spiro atoms. The van der Waals surface area contributed by atoms with Crippen LogP contribution in [0.1, 0.15) is 35.7 Å². The molecule has 1 heterocycles. The van der Waals surface area contributed by atoms with Crippen molar-refractivity contribution in [1.29, 1.82) is 0 Å². The van der Waals surface area contributed by atoms with E-state index in [0.29, 0.717) is 32.3 Å². The maximum Gasteiger partial charge on any atom is 0.257 e. The van der Waals surface area contributed by atoms with Crippen molar-refractivity contribution in [3.05, 3.63) is 81.8 Å². The van der Waals surface area contributed by atoms with E-state index in [1.807, 2.05) is 12.1 Å². The Morgan fingerprint density at radius 1 is 1.00 bits per heavy atom. The first-order valence-corrected chi connectivity index (χ1v) is 11.6. The monoisotopic (exact) mass is 497 g/mol. The lowest BCUT2D eigenvalue weighted by Crippen LogP contribution is -2.34. The van der Waals surface area contributed by atoms with Gasteiger partial charge in [-0.25, -0.2) is 0 Å². The number of aryl methyl sites for hydroxylation is 1. The van der Waals surface area contributed by atoms with Gasteiger partial charge in [0.1, 0.15) is 11.0 Å². The number of halogens is 2. The summed E-state index contributed by atoms with van der Waals surface area (Å²) in [7, 11) is 0. The zero-order valence-electron chi connectivity index (χ0n) is 17.8. The van der Waals surface area contributed by atoms with Crippen molar-refractivity contribution in [2.24, 2.45) is 0 Å². The van der Waals surface area contributed by atoms with Crippen LogP contribution in [0.15, 0.2) is 60.7 Å². The number of unbranched alkanes of at least 4 members (excludes halogenated alkanes) is 1. The van der Waals surface area contributed by atoms with E-state index in [4.69, 9.17) is 35.4 Å². The molecule has 33 heavy (non-hydrogen) atoms. The molecule has 3 aromatic carbocycles. The van der Waals surface area contributed by atoms with Crippen LogP contribution in [0.3, 0.4) is 0 Å². The maximum atomic E-state index is 12.4. The van der Waals surface area contributed by atoms with Gasteiger partial charge in [0.15, 0.2) is 5.11 Å². The Hall–Kier alpha value is -3.00. The third-order valence-electron chi connectivity index (χ3n) is 5.04. The van der Waals surface area contributed by atoms with Crippen LogP contribution in [-0.2, 0) is 6.42 Å². The van der Waals surface area contributed by atoms with Crippen LogP contribution in [0.2, 0.25) is 10.0 Å². The number of rotatable bonds is 6. The average Bonchev–Trinajstić information content (AvgIpc) is 3.21. The molecule has 2 N–H and O–H groups in total. The lowest BCUT2D eigenvalue weighted by atomic mass is 10.1. The number of benzene rings is 3. The third-order valence-corrected chi connectivity index (χ3v) is 5.81. The molecule has 0 fully saturated rings. The Morgan fingerprint density at radius 3 is 2.33 bits per heavy atom. The standard InChI is InChI=1S/C24H21Cl2N5OS/c1-2-3-4-15-5-11-18(12-6-15)31-29-21-13-19(26)20(14-22(21)30-31)27-24(33)28-23(32)16-7-9-17(25)10-8-16/h5-14H,2-4H2,1H3,(H2,27,28,32,33). The Labute approximate surface area is 206 Å². The molecule has 0 bridgehead atoms. The van der Waals surface area contributed by atoms with Crippen molar-refractivity contribution in [2.45, 2.75) is 26.2 Å². The highest BCUT2D eigenvalue weighted by Crippen LogP contribution is 2.27. The second-order valence-corrected chi connectivity index (χ2v) is 8.75. The number of amides is 1. The molecule has 0 unspecified atom stereocenters. The van der Waals surface area contributed by atoms with E-state index >= 15 is 0 Å². The SMILES string of the molecule is CCCCc1ccc(-n2nc3cc(Cl)c(NC(=S)NC(=O)c4ccc(Cl)cc4)cc3n2)cc1. The first-order valence-electron chi connectivity index (χ1n) is 10.5. The number of aromatic nitrogens is 3. The van der Waals surface area contributed by atoms with Crippen molar-refractivity contribution in [3.8, 4) is 5.69 Å². The highest BCUT2D eigenvalue weighted by atomic mass is 35.5. The highest BCUT2D eigenvalue weighted by molar-refractivity contribution is 7.80. The maximum absolute atomic E-state index is 12.4. The third kappa shape index (κ3) is 5.68. The summed E-state index contributed by atoms with van der Waals surface area (Å²) in [5.41, 5.74) is 4.41. The summed E-state index contributed by atoms with van der Waals surface area (Å²) in [4.78, 5) is 13.9. The van der Waals surface area contributed by atoms with Gasteiger partial charge in [0.05, 0.1) is 16.4 Å². The van der Waals surface area contributed by atoms with Crippen molar-refractivity contribution < 1.29 is 4.79 Å². The summed E-state index contributed by atoms with van der Waals surface area (Å²) >= 11 is 17.6. The molecule has 4 rings (SSSR count). The summed E-state index contributed by atoms with van der Waals surface area (Å²) in [6.07, 6.45) is 3.39. The van der Waals surface area contributed by atoms with Gasteiger partial charge in [-0.15, -0.1) is 10.2 Å². The molecule has 1 amide bonds. The number of fused-ring (bicyclic) bond motifs is 1. The molecular weight excluding hydrogens is 477 g/mol. The average molecular weight is 498 g/mol. The van der Waals surface area contributed by atoms with Crippen molar-refractivity contribution in [3.63, 3.8) is 0 Å². The molecule has 1 aromatic heterocycles. The molecule has 0 radical (unpaired) electrons. The lowest BCUT2D eigenvalue weighted by molar-refractivity contribution is 0.0977. The first-order chi connectivity index (χ1) is 15.9. The first kappa shape index (κ1) is 23.2. The van der Waals surface area contributed by atoms with Gasteiger partial charge in [0.25, 0.3) is 5.91 Å². The van der Waals surface area contributed by atoms with Gasteiger partial charge >= 0.3 is 0 Å². The number of anilines is 1. The van der Waals surface area contributed by atoms with Gasteiger partial charge in [0.2, 0.25) is 0 Å². The molecular formula is C24H21Cl2N5OS. The van der Waals surface area contributed by atoms with E-state index in [1.54, 1.807) is 41.2 Å². The Kier molecular flexibility index (Phi) is 7.23. The normalized spacial score (nSPS) is 10.9. The predicted molar refractivity (Wildman–Crippen MR) is 138 cm³/mol. The minimum atomic E-state index is -0.352. The van der Waals surface area contributed by atoms with Gasteiger partial charge in [-0.2, -0.15) is 4.80 Å². The Bertz CT molecular complexity index is 1300. The zero-order chi connectivity index (χ0) is 23.4. The number of hydrogen-bond donors (Lipinski definition) is 2. The molecule has 0 aliphatic rings. The largest absolute Gasteiger partial charge is 0.331 e.